The number of nitrogens with zero attached hydrogens (tertiary/aromatic N) is 1. The van der Waals surface area contributed by atoms with E-state index in [1.54, 1.807) is 12.1 Å². The lowest BCUT2D eigenvalue weighted by atomic mass is 10.0. The minimum absolute atomic E-state index is 0.171. The van der Waals surface area contributed by atoms with Gasteiger partial charge >= 0.3 is 0 Å². The lowest BCUT2D eigenvalue weighted by Gasteiger charge is -2.18. The maximum atomic E-state index is 13.3. The molecule has 1 heterocycles. The van der Waals surface area contributed by atoms with Crippen LogP contribution in [-0.4, -0.2) is 11.5 Å². The fourth-order valence-corrected chi connectivity index (χ4v) is 2.10. The second-order valence-electron chi connectivity index (χ2n) is 4.86. The van der Waals surface area contributed by atoms with Crippen LogP contribution in [0.5, 0.6) is 0 Å². The molecule has 0 bridgehead atoms. The topological polar surface area (TPSA) is 24.9 Å². The molecular formula is C16H17F3N2. The van der Waals surface area contributed by atoms with Gasteiger partial charge in [0.25, 0.3) is 0 Å². The summed E-state index contributed by atoms with van der Waals surface area (Å²) in [6.45, 7) is 2.78. The third-order valence-corrected chi connectivity index (χ3v) is 3.17. The van der Waals surface area contributed by atoms with Gasteiger partial charge in [-0.1, -0.05) is 13.0 Å². The molecule has 21 heavy (non-hydrogen) atoms. The summed E-state index contributed by atoms with van der Waals surface area (Å²) < 4.78 is 39.2. The maximum absolute atomic E-state index is 13.3. The van der Waals surface area contributed by atoms with E-state index in [0.717, 1.165) is 25.2 Å². The zero-order valence-corrected chi connectivity index (χ0v) is 11.7. The highest BCUT2D eigenvalue weighted by molar-refractivity contribution is 5.21. The average molecular weight is 294 g/mol. The van der Waals surface area contributed by atoms with Crippen LogP contribution in [0.25, 0.3) is 0 Å². The third-order valence-electron chi connectivity index (χ3n) is 3.17. The van der Waals surface area contributed by atoms with Crippen LogP contribution in [0.3, 0.4) is 0 Å². The Balaban J connectivity index is 2.19. The van der Waals surface area contributed by atoms with E-state index >= 15 is 0 Å². The van der Waals surface area contributed by atoms with Crippen molar-refractivity contribution in [2.75, 3.05) is 6.54 Å². The molecule has 0 aliphatic heterocycles. The minimum Gasteiger partial charge on any atom is -0.308 e. The molecule has 0 spiro atoms. The van der Waals surface area contributed by atoms with Crippen LogP contribution in [0.2, 0.25) is 0 Å². The Kier molecular flexibility index (Phi) is 5.33. The van der Waals surface area contributed by atoms with Crippen LogP contribution in [0, 0.1) is 17.5 Å². The van der Waals surface area contributed by atoms with E-state index in [0.29, 0.717) is 17.7 Å². The summed E-state index contributed by atoms with van der Waals surface area (Å²) in [5.41, 5.74) is 1.34. The van der Waals surface area contributed by atoms with Gasteiger partial charge in [-0.15, -0.1) is 0 Å². The van der Waals surface area contributed by atoms with Crippen molar-refractivity contribution in [3.05, 3.63) is 65.2 Å². The van der Waals surface area contributed by atoms with Gasteiger partial charge < -0.3 is 5.32 Å². The van der Waals surface area contributed by atoms with Crippen molar-refractivity contribution in [2.45, 2.75) is 25.8 Å². The lowest BCUT2D eigenvalue weighted by molar-refractivity contribution is 0.496. The summed E-state index contributed by atoms with van der Waals surface area (Å²) in [7, 11) is 0. The zero-order valence-electron chi connectivity index (χ0n) is 11.7. The monoisotopic (exact) mass is 294 g/mol. The highest BCUT2D eigenvalue weighted by Gasteiger charge is 2.14. The van der Waals surface area contributed by atoms with Crippen molar-refractivity contribution in [3.8, 4) is 0 Å². The number of rotatable bonds is 6. The fraction of sp³-hybridized carbons (Fsp3) is 0.312. The van der Waals surface area contributed by atoms with E-state index in [1.807, 2.05) is 6.92 Å². The van der Waals surface area contributed by atoms with Crippen molar-refractivity contribution < 1.29 is 13.2 Å². The van der Waals surface area contributed by atoms with Gasteiger partial charge in [-0.05, 0) is 49.2 Å². The van der Waals surface area contributed by atoms with Crippen LogP contribution in [0.15, 0.2) is 36.5 Å². The molecule has 0 fully saturated rings. The first-order valence-electron chi connectivity index (χ1n) is 6.89. The highest BCUT2D eigenvalue weighted by atomic mass is 19.2. The largest absolute Gasteiger partial charge is 0.308 e. The number of pyridine rings is 1. The number of hydrogen-bond donors (Lipinski definition) is 1. The quantitative estimate of drug-likeness (QED) is 0.877. The molecule has 0 aliphatic carbocycles. The molecular weight excluding hydrogens is 277 g/mol. The molecule has 1 aromatic heterocycles. The molecule has 0 amide bonds. The van der Waals surface area contributed by atoms with Crippen molar-refractivity contribution in [1.29, 1.82) is 0 Å². The number of hydrogen-bond acceptors (Lipinski definition) is 2. The summed E-state index contributed by atoms with van der Waals surface area (Å²) in [6, 6.07) is 6.61. The standard InChI is InChI=1S/C16H17F3N2/c1-2-7-20-16(15-6-4-12(17)10-21-15)9-11-3-5-13(18)14(19)8-11/h3-6,8,10,16,20H,2,7,9H2,1H3. The molecule has 0 aliphatic rings. The molecule has 0 radical (unpaired) electrons. The van der Waals surface area contributed by atoms with Gasteiger partial charge in [0.05, 0.1) is 17.9 Å². The van der Waals surface area contributed by atoms with Gasteiger partial charge in [0, 0.05) is 0 Å². The first-order valence-corrected chi connectivity index (χ1v) is 6.89. The normalized spacial score (nSPS) is 12.4. The van der Waals surface area contributed by atoms with Crippen LogP contribution >= 0.6 is 0 Å². The molecule has 2 nitrogen and oxygen atoms in total. The van der Waals surface area contributed by atoms with Crippen molar-refractivity contribution in [1.82, 2.24) is 10.3 Å². The smallest absolute Gasteiger partial charge is 0.159 e. The van der Waals surface area contributed by atoms with Gasteiger partial charge in [-0.25, -0.2) is 13.2 Å². The summed E-state index contributed by atoms with van der Waals surface area (Å²) in [4.78, 5) is 4.06. The molecule has 0 saturated heterocycles. The second kappa shape index (κ2) is 7.22. The Bertz CT molecular complexity index is 585. The van der Waals surface area contributed by atoms with Crippen LogP contribution in [0.4, 0.5) is 13.2 Å². The molecule has 2 aromatic rings. The van der Waals surface area contributed by atoms with E-state index < -0.39 is 17.5 Å². The minimum atomic E-state index is -0.867. The third kappa shape index (κ3) is 4.29. The predicted octanol–water partition coefficient (Wildman–Crippen LogP) is 3.78. The van der Waals surface area contributed by atoms with Gasteiger partial charge in [0.15, 0.2) is 11.6 Å². The summed E-state index contributed by atoms with van der Waals surface area (Å²) in [5.74, 6) is -2.13. The summed E-state index contributed by atoms with van der Waals surface area (Å²) in [5, 5.41) is 3.29. The number of benzene rings is 1. The predicted molar refractivity (Wildman–Crippen MR) is 75.3 cm³/mol. The molecule has 1 aromatic carbocycles. The van der Waals surface area contributed by atoms with Crippen LogP contribution < -0.4 is 5.32 Å². The van der Waals surface area contributed by atoms with Gasteiger partial charge in [0.2, 0.25) is 0 Å². The van der Waals surface area contributed by atoms with Gasteiger partial charge in [0.1, 0.15) is 5.82 Å². The van der Waals surface area contributed by atoms with Crippen LogP contribution in [-0.2, 0) is 6.42 Å². The van der Waals surface area contributed by atoms with Gasteiger partial charge in [-0.2, -0.15) is 0 Å². The van der Waals surface area contributed by atoms with Crippen molar-refractivity contribution in [3.63, 3.8) is 0 Å². The number of nitrogens with one attached hydrogen (secondary N) is 1. The van der Waals surface area contributed by atoms with E-state index in [1.165, 1.54) is 12.1 Å². The van der Waals surface area contributed by atoms with Crippen LogP contribution in [0.1, 0.15) is 30.6 Å². The summed E-state index contributed by atoms with van der Waals surface area (Å²) >= 11 is 0. The SMILES string of the molecule is CCCNC(Cc1ccc(F)c(F)c1)c1ccc(F)cn1. The number of halogens is 3. The molecule has 1 unspecified atom stereocenters. The zero-order chi connectivity index (χ0) is 15.2. The Morgan fingerprint density at radius 3 is 2.52 bits per heavy atom. The molecule has 112 valence electrons. The van der Waals surface area contributed by atoms with E-state index in [4.69, 9.17) is 0 Å². The Hall–Kier alpha value is -1.88. The van der Waals surface area contributed by atoms with Crippen molar-refractivity contribution >= 4 is 0 Å². The lowest BCUT2D eigenvalue weighted by Crippen LogP contribution is -2.25. The first kappa shape index (κ1) is 15.5. The van der Waals surface area contributed by atoms with E-state index in [2.05, 4.69) is 10.3 Å². The maximum Gasteiger partial charge on any atom is 0.159 e. The molecule has 2 rings (SSSR count). The second-order valence-corrected chi connectivity index (χ2v) is 4.86. The van der Waals surface area contributed by atoms with Crippen molar-refractivity contribution in [2.24, 2.45) is 0 Å². The Morgan fingerprint density at radius 1 is 1.10 bits per heavy atom. The molecule has 0 saturated carbocycles. The van der Waals surface area contributed by atoms with E-state index in [-0.39, 0.29) is 6.04 Å². The summed E-state index contributed by atoms with van der Waals surface area (Å²) in [6.07, 6.45) is 2.53. The van der Waals surface area contributed by atoms with Gasteiger partial charge in [-0.3, -0.25) is 4.98 Å². The fourth-order valence-electron chi connectivity index (χ4n) is 2.10. The molecule has 1 atom stereocenters. The first-order chi connectivity index (χ1) is 10.1. The van der Waals surface area contributed by atoms with E-state index in [9.17, 15) is 13.2 Å². The number of aromatic nitrogens is 1. The Labute approximate surface area is 122 Å². The average Bonchev–Trinajstić information content (AvgIpc) is 2.48. The highest BCUT2D eigenvalue weighted by Crippen LogP contribution is 2.18. The molecule has 1 N–H and O–H groups in total. The Morgan fingerprint density at radius 2 is 1.90 bits per heavy atom. The molecule has 5 heteroatoms.